The Morgan fingerprint density at radius 1 is 1.20 bits per heavy atom. The van der Waals surface area contributed by atoms with Crippen LogP contribution in [0.2, 0.25) is 0 Å². The average molecular weight is 207 g/mol. The Kier molecular flexibility index (Phi) is 6.06. The number of alkyl halides is 1. The molecule has 0 amide bonds. The van der Waals surface area contributed by atoms with E-state index in [1.54, 1.807) is 0 Å². The SMILES string of the molecule is CCCCc1[c]cccc1CCCCF. The molecule has 1 aromatic carbocycles. The van der Waals surface area contributed by atoms with Gasteiger partial charge < -0.3 is 0 Å². The zero-order chi connectivity index (χ0) is 10.9. The minimum absolute atomic E-state index is 0.194. The molecule has 0 N–H and O–H groups in total. The van der Waals surface area contributed by atoms with Crippen LogP contribution in [-0.4, -0.2) is 6.67 Å². The van der Waals surface area contributed by atoms with Gasteiger partial charge in [-0.25, -0.2) is 0 Å². The summed E-state index contributed by atoms with van der Waals surface area (Å²) in [6.07, 6.45) is 6.18. The van der Waals surface area contributed by atoms with Crippen molar-refractivity contribution < 1.29 is 4.39 Å². The molecule has 0 nitrogen and oxygen atoms in total. The zero-order valence-electron chi connectivity index (χ0n) is 9.56. The molecule has 0 saturated heterocycles. The number of halogens is 1. The van der Waals surface area contributed by atoms with Gasteiger partial charge >= 0.3 is 0 Å². The second-order valence-corrected chi connectivity index (χ2v) is 3.92. The third kappa shape index (κ3) is 4.46. The molecule has 0 heterocycles. The summed E-state index contributed by atoms with van der Waals surface area (Å²) in [4.78, 5) is 0. The summed E-state index contributed by atoms with van der Waals surface area (Å²) in [7, 11) is 0. The minimum Gasteiger partial charge on any atom is -0.251 e. The lowest BCUT2D eigenvalue weighted by molar-refractivity contribution is 0.462. The zero-order valence-corrected chi connectivity index (χ0v) is 9.56. The van der Waals surface area contributed by atoms with Crippen molar-refractivity contribution in [2.24, 2.45) is 0 Å². The summed E-state index contributed by atoms with van der Waals surface area (Å²) in [6, 6.07) is 9.46. The molecule has 0 atom stereocenters. The standard InChI is InChI=1S/C14H20F/c1-2-3-8-13-9-4-5-10-14(13)11-6-7-12-15/h4-5,10H,2-3,6-8,11-12H2,1H3. The Labute approximate surface area is 92.5 Å². The van der Waals surface area contributed by atoms with Crippen LogP contribution in [0.3, 0.4) is 0 Å². The fraction of sp³-hybridized carbons (Fsp3) is 0.571. The van der Waals surface area contributed by atoms with Crippen molar-refractivity contribution in [2.45, 2.75) is 45.4 Å². The molecule has 0 aromatic heterocycles. The molecule has 1 aromatic rings. The number of aryl methyl sites for hydroxylation is 2. The number of rotatable bonds is 7. The van der Waals surface area contributed by atoms with Crippen LogP contribution < -0.4 is 0 Å². The van der Waals surface area contributed by atoms with E-state index in [9.17, 15) is 4.39 Å². The van der Waals surface area contributed by atoms with Crippen molar-refractivity contribution in [1.82, 2.24) is 0 Å². The lowest BCUT2D eigenvalue weighted by atomic mass is 9.98. The highest BCUT2D eigenvalue weighted by Crippen LogP contribution is 2.14. The molecule has 0 saturated carbocycles. The molecule has 0 aliphatic rings. The van der Waals surface area contributed by atoms with Crippen LogP contribution in [0.4, 0.5) is 4.39 Å². The molecule has 0 aliphatic heterocycles. The predicted molar refractivity (Wildman–Crippen MR) is 62.8 cm³/mol. The van der Waals surface area contributed by atoms with Gasteiger partial charge in [-0.2, -0.15) is 0 Å². The van der Waals surface area contributed by atoms with Gasteiger partial charge in [0, 0.05) is 0 Å². The molecule has 15 heavy (non-hydrogen) atoms. The fourth-order valence-corrected chi connectivity index (χ4v) is 1.74. The quantitative estimate of drug-likeness (QED) is 0.590. The third-order valence-corrected chi connectivity index (χ3v) is 2.65. The van der Waals surface area contributed by atoms with Crippen molar-refractivity contribution in [3.8, 4) is 0 Å². The maximum Gasteiger partial charge on any atom is 0.0894 e. The molecule has 0 fully saturated rings. The van der Waals surface area contributed by atoms with E-state index >= 15 is 0 Å². The van der Waals surface area contributed by atoms with Crippen molar-refractivity contribution in [3.63, 3.8) is 0 Å². The molecule has 0 unspecified atom stereocenters. The predicted octanol–water partition coefficient (Wildman–Crippen LogP) is 4.12. The first-order valence-electron chi connectivity index (χ1n) is 5.93. The normalized spacial score (nSPS) is 10.5. The summed E-state index contributed by atoms with van der Waals surface area (Å²) < 4.78 is 12.0. The molecule has 1 heteroatoms. The van der Waals surface area contributed by atoms with Crippen molar-refractivity contribution in [3.05, 3.63) is 35.4 Å². The van der Waals surface area contributed by atoms with Crippen LogP contribution in [0.25, 0.3) is 0 Å². The summed E-state index contributed by atoms with van der Waals surface area (Å²) in [6.45, 7) is 2.01. The van der Waals surface area contributed by atoms with Gasteiger partial charge in [0.2, 0.25) is 0 Å². The highest BCUT2D eigenvalue weighted by molar-refractivity contribution is 5.26. The Hall–Kier alpha value is -0.850. The number of benzene rings is 1. The molecule has 1 rings (SSSR count). The largest absolute Gasteiger partial charge is 0.251 e. The lowest BCUT2D eigenvalue weighted by Crippen LogP contribution is -1.95. The Morgan fingerprint density at radius 2 is 2.07 bits per heavy atom. The van der Waals surface area contributed by atoms with E-state index < -0.39 is 0 Å². The lowest BCUT2D eigenvalue weighted by Gasteiger charge is -2.07. The number of hydrogen-bond acceptors (Lipinski definition) is 0. The minimum atomic E-state index is -0.194. The molecule has 83 valence electrons. The first kappa shape index (κ1) is 12.2. The van der Waals surface area contributed by atoms with Crippen molar-refractivity contribution in [2.75, 3.05) is 6.67 Å². The summed E-state index contributed by atoms with van der Waals surface area (Å²) >= 11 is 0. The van der Waals surface area contributed by atoms with E-state index in [1.165, 1.54) is 24.0 Å². The van der Waals surface area contributed by atoms with E-state index in [4.69, 9.17) is 0 Å². The molecular formula is C14H20F. The number of unbranched alkanes of at least 4 members (excludes halogenated alkanes) is 2. The molecule has 1 radical (unpaired) electrons. The van der Waals surface area contributed by atoms with Crippen LogP contribution >= 0.6 is 0 Å². The Bertz CT molecular complexity index is 268. The van der Waals surface area contributed by atoms with Crippen LogP contribution in [-0.2, 0) is 12.8 Å². The van der Waals surface area contributed by atoms with E-state index in [2.05, 4.69) is 19.1 Å². The monoisotopic (exact) mass is 207 g/mol. The van der Waals surface area contributed by atoms with E-state index in [1.807, 2.05) is 12.1 Å². The van der Waals surface area contributed by atoms with Crippen molar-refractivity contribution >= 4 is 0 Å². The van der Waals surface area contributed by atoms with Crippen LogP contribution in [0.15, 0.2) is 18.2 Å². The van der Waals surface area contributed by atoms with Gasteiger partial charge in [0.1, 0.15) is 0 Å². The van der Waals surface area contributed by atoms with E-state index in [-0.39, 0.29) is 6.67 Å². The first-order chi connectivity index (χ1) is 7.38. The highest BCUT2D eigenvalue weighted by Gasteiger charge is 2.01. The van der Waals surface area contributed by atoms with Crippen molar-refractivity contribution in [1.29, 1.82) is 0 Å². The summed E-state index contributed by atoms with van der Waals surface area (Å²) in [5.41, 5.74) is 2.69. The second kappa shape index (κ2) is 7.44. The molecule has 0 bridgehead atoms. The van der Waals surface area contributed by atoms with Gasteiger partial charge in [-0.15, -0.1) is 0 Å². The number of hydrogen-bond donors (Lipinski definition) is 0. The topological polar surface area (TPSA) is 0 Å². The summed E-state index contributed by atoms with van der Waals surface area (Å²) in [5.74, 6) is 0. The molecule has 0 spiro atoms. The van der Waals surface area contributed by atoms with Gasteiger partial charge in [-0.05, 0) is 49.3 Å². The van der Waals surface area contributed by atoms with Gasteiger partial charge in [-0.1, -0.05) is 31.5 Å². The maximum atomic E-state index is 12.0. The maximum absolute atomic E-state index is 12.0. The van der Waals surface area contributed by atoms with Gasteiger partial charge in [0.15, 0.2) is 0 Å². The van der Waals surface area contributed by atoms with Gasteiger partial charge in [-0.3, -0.25) is 4.39 Å². The highest BCUT2D eigenvalue weighted by atomic mass is 19.1. The van der Waals surface area contributed by atoms with E-state index in [0.717, 1.165) is 19.3 Å². The Morgan fingerprint density at radius 3 is 2.80 bits per heavy atom. The third-order valence-electron chi connectivity index (χ3n) is 2.65. The van der Waals surface area contributed by atoms with Gasteiger partial charge in [0.05, 0.1) is 6.67 Å². The smallest absolute Gasteiger partial charge is 0.0894 e. The average Bonchev–Trinajstić information content (AvgIpc) is 2.28. The first-order valence-corrected chi connectivity index (χ1v) is 5.93. The van der Waals surface area contributed by atoms with Crippen LogP contribution in [0, 0.1) is 6.07 Å². The Balaban J connectivity index is 2.52. The second-order valence-electron chi connectivity index (χ2n) is 3.92. The van der Waals surface area contributed by atoms with Crippen LogP contribution in [0.5, 0.6) is 0 Å². The molecule has 0 aliphatic carbocycles. The van der Waals surface area contributed by atoms with E-state index in [0.29, 0.717) is 6.42 Å². The van der Waals surface area contributed by atoms with Crippen LogP contribution in [0.1, 0.15) is 43.7 Å². The van der Waals surface area contributed by atoms with Gasteiger partial charge in [0.25, 0.3) is 0 Å². The molecular weight excluding hydrogens is 187 g/mol. The fourth-order valence-electron chi connectivity index (χ4n) is 1.74. The summed E-state index contributed by atoms with van der Waals surface area (Å²) in [5, 5.41) is 0.